The van der Waals surface area contributed by atoms with E-state index in [4.69, 9.17) is 0 Å². The molecule has 8 heteroatoms. The summed E-state index contributed by atoms with van der Waals surface area (Å²) in [6.45, 7) is 3.70. The standard InChI is InChI=1S/C18H24N6OS/c25-17(23-15-1-4-19-12-15)14-10-21-18(22-11-14)24-6-2-13(3-7-24)9-16-20-5-8-26-16/h5,8,10-11,13,15,19H,1-4,6-7,9,12H2,(H,23,25). The van der Waals surface area contributed by atoms with Crippen LogP contribution in [0.2, 0.25) is 0 Å². The van der Waals surface area contributed by atoms with Gasteiger partial charge in [-0.1, -0.05) is 0 Å². The van der Waals surface area contributed by atoms with E-state index in [1.54, 1.807) is 23.7 Å². The van der Waals surface area contributed by atoms with E-state index in [2.05, 4.69) is 30.5 Å². The Balaban J connectivity index is 1.29. The summed E-state index contributed by atoms with van der Waals surface area (Å²) < 4.78 is 0. The van der Waals surface area contributed by atoms with Crippen molar-refractivity contribution in [2.24, 2.45) is 5.92 Å². The lowest BCUT2D eigenvalue weighted by molar-refractivity contribution is 0.0939. The summed E-state index contributed by atoms with van der Waals surface area (Å²) in [6.07, 6.45) is 9.45. The van der Waals surface area contributed by atoms with Gasteiger partial charge in [0.1, 0.15) is 0 Å². The van der Waals surface area contributed by atoms with Crippen LogP contribution in [0.25, 0.3) is 0 Å². The van der Waals surface area contributed by atoms with E-state index in [0.29, 0.717) is 11.5 Å². The normalized spacial score (nSPS) is 21.1. The fourth-order valence-electron chi connectivity index (χ4n) is 3.59. The predicted octanol–water partition coefficient (Wildman–Crippen LogP) is 1.48. The number of carbonyl (C=O) groups excluding carboxylic acids is 1. The van der Waals surface area contributed by atoms with Crippen molar-refractivity contribution in [3.05, 3.63) is 34.5 Å². The Morgan fingerprint density at radius 3 is 2.69 bits per heavy atom. The molecule has 2 aliphatic heterocycles. The van der Waals surface area contributed by atoms with Gasteiger partial charge in [-0.15, -0.1) is 11.3 Å². The molecule has 0 radical (unpaired) electrons. The number of thiazole rings is 1. The number of rotatable bonds is 5. The van der Waals surface area contributed by atoms with Gasteiger partial charge in [0.25, 0.3) is 5.91 Å². The first-order valence-corrected chi connectivity index (χ1v) is 10.1. The zero-order valence-corrected chi connectivity index (χ0v) is 15.5. The van der Waals surface area contributed by atoms with Crippen molar-refractivity contribution in [2.45, 2.75) is 31.7 Å². The molecule has 1 amide bonds. The Morgan fingerprint density at radius 2 is 2.04 bits per heavy atom. The molecule has 2 aliphatic rings. The van der Waals surface area contributed by atoms with Gasteiger partial charge in [0.2, 0.25) is 5.95 Å². The van der Waals surface area contributed by atoms with Crippen molar-refractivity contribution in [1.82, 2.24) is 25.6 Å². The van der Waals surface area contributed by atoms with Gasteiger partial charge in [-0.05, 0) is 31.7 Å². The first-order valence-electron chi connectivity index (χ1n) is 9.25. The maximum Gasteiger partial charge on any atom is 0.254 e. The van der Waals surface area contributed by atoms with Crippen molar-refractivity contribution in [3.63, 3.8) is 0 Å². The number of piperidine rings is 1. The number of carbonyl (C=O) groups is 1. The van der Waals surface area contributed by atoms with E-state index < -0.39 is 0 Å². The average molecular weight is 372 g/mol. The molecule has 1 atom stereocenters. The van der Waals surface area contributed by atoms with Crippen molar-refractivity contribution >= 4 is 23.2 Å². The van der Waals surface area contributed by atoms with Crippen molar-refractivity contribution in [3.8, 4) is 0 Å². The number of hydrogen-bond donors (Lipinski definition) is 2. The summed E-state index contributed by atoms with van der Waals surface area (Å²) in [7, 11) is 0. The molecule has 2 aromatic rings. The average Bonchev–Trinajstić information content (AvgIpc) is 3.37. The molecule has 0 aromatic carbocycles. The number of hydrogen-bond acceptors (Lipinski definition) is 7. The van der Waals surface area contributed by atoms with Gasteiger partial charge in [-0.2, -0.15) is 0 Å². The number of nitrogens with zero attached hydrogens (tertiary/aromatic N) is 4. The minimum atomic E-state index is -0.0904. The van der Waals surface area contributed by atoms with Crippen molar-refractivity contribution in [1.29, 1.82) is 0 Å². The van der Waals surface area contributed by atoms with Crippen molar-refractivity contribution in [2.75, 3.05) is 31.1 Å². The van der Waals surface area contributed by atoms with Crippen LogP contribution in [0.1, 0.15) is 34.6 Å². The topological polar surface area (TPSA) is 83.0 Å². The number of aromatic nitrogens is 3. The molecule has 1 unspecified atom stereocenters. The van der Waals surface area contributed by atoms with Gasteiger partial charge in [0.05, 0.1) is 10.6 Å². The fourth-order valence-corrected chi connectivity index (χ4v) is 4.32. The van der Waals surface area contributed by atoms with Crippen molar-refractivity contribution < 1.29 is 4.79 Å². The lowest BCUT2D eigenvalue weighted by atomic mass is 9.94. The SMILES string of the molecule is O=C(NC1CCNC1)c1cnc(N2CCC(Cc3nccs3)CC2)nc1. The van der Waals surface area contributed by atoms with E-state index in [1.165, 1.54) is 5.01 Å². The minimum Gasteiger partial charge on any atom is -0.348 e. The molecule has 7 nitrogen and oxygen atoms in total. The lowest BCUT2D eigenvalue weighted by Crippen LogP contribution is -2.37. The Hall–Kier alpha value is -2.06. The van der Waals surface area contributed by atoms with E-state index in [1.807, 2.05) is 11.6 Å². The highest BCUT2D eigenvalue weighted by molar-refractivity contribution is 7.09. The molecule has 138 valence electrons. The second-order valence-corrected chi connectivity index (χ2v) is 7.97. The Labute approximate surface area is 157 Å². The Kier molecular flexibility index (Phi) is 5.40. The molecule has 2 N–H and O–H groups in total. The van der Waals surface area contributed by atoms with Crippen LogP contribution in [-0.4, -0.2) is 53.1 Å². The second-order valence-electron chi connectivity index (χ2n) is 7.00. The monoisotopic (exact) mass is 372 g/mol. The smallest absolute Gasteiger partial charge is 0.254 e. The molecule has 26 heavy (non-hydrogen) atoms. The molecule has 2 aromatic heterocycles. The largest absolute Gasteiger partial charge is 0.348 e. The van der Waals surface area contributed by atoms with Gasteiger partial charge >= 0.3 is 0 Å². The minimum absolute atomic E-state index is 0.0904. The van der Waals surface area contributed by atoms with Gasteiger partial charge in [0, 0.05) is 56.1 Å². The van der Waals surface area contributed by atoms with E-state index >= 15 is 0 Å². The molecule has 4 heterocycles. The third kappa shape index (κ3) is 4.19. The van der Waals surface area contributed by atoms with Crippen LogP contribution in [-0.2, 0) is 6.42 Å². The summed E-state index contributed by atoms with van der Waals surface area (Å²) in [4.78, 5) is 27.7. The highest BCUT2D eigenvalue weighted by Gasteiger charge is 2.22. The molecule has 4 rings (SSSR count). The zero-order valence-electron chi connectivity index (χ0n) is 14.7. The molecule has 2 fully saturated rings. The van der Waals surface area contributed by atoms with E-state index in [0.717, 1.165) is 57.8 Å². The van der Waals surface area contributed by atoms with Gasteiger partial charge in [-0.3, -0.25) is 4.79 Å². The van der Waals surface area contributed by atoms with Crippen LogP contribution in [0.3, 0.4) is 0 Å². The Morgan fingerprint density at radius 1 is 1.23 bits per heavy atom. The third-order valence-electron chi connectivity index (χ3n) is 5.14. The predicted molar refractivity (Wildman–Crippen MR) is 102 cm³/mol. The molecule has 0 bridgehead atoms. The maximum absolute atomic E-state index is 12.2. The van der Waals surface area contributed by atoms with Crippen LogP contribution in [0.4, 0.5) is 5.95 Å². The molecule has 0 spiro atoms. The van der Waals surface area contributed by atoms with E-state index in [-0.39, 0.29) is 11.9 Å². The van der Waals surface area contributed by atoms with Crippen LogP contribution >= 0.6 is 11.3 Å². The van der Waals surface area contributed by atoms with Crippen LogP contribution in [0.15, 0.2) is 24.0 Å². The molecular formula is C18H24N6OS. The maximum atomic E-state index is 12.2. The van der Waals surface area contributed by atoms with E-state index in [9.17, 15) is 4.79 Å². The summed E-state index contributed by atoms with van der Waals surface area (Å²) in [5.74, 6) is 1.31. The van der Waals surface area contributed by atoms with Gasteiger partial charge < -0.3 is 15.5 Å². The second kappa shape index (κ2) is 8.09. The molecular weight excluding hydrogens is 348 g/mol. The van der Waals surface area contributed by atoms with Crippen LogP contribution in [0, 0.1) is 5.92 Å². The highest BCUT2D eigenvalue weighted by Crippen LogP contribution is 2.24. The molecule has 0 aliphatic carbocycles. The third-order valence-corrected chi connectivity index (χ3v) is 5.94. The summed E-state index contributed by atoms with van der Waals surface area (Å²) in [5, 5.41) is 9.53. The molecule has 2 saturated heterocycles. The quantitative estimate of drug-likeness (QED) is 0.827. The zero-order chi connectivity index (χ0) is 17.8. The summed E-state index contributed by atoms with van der Waals surface area (Å²) in [6, 6.07) is 0.207. The summed E-state index contributed by atoms with van der Waals surface area (Å²) >= 11 is 1.74. The van der Waals surface area contributed by atoms with Gasteiger partial charge in [0.15, 0.2) is 0 Å². The lowest BCUT2D eigenvalue weighted by Gasteiger charge is -2.31. The Bertz CT molecular complexity index is 706. The first-order chi connectivity index (χ1) is 12.8. The highest BCUT2D eigenvalue weighted by atomic mass is 32.1. The first kappa shape index (κ1) is 17.4. The number of anilines is 1. The fraction of sp³-hybridized carbons (Fsp3) is 0.556. The molecule has 0 saturated carbocycles. The van der Waals surface area contributed by atoms with Gasteiger partial charge in [-0.25, -0.2) is 15.0 Å². The van der Waals surface area contributed by atoms with Crippen LogP contribution < -0.4 is 15.5 Å². The summed E-state index contributed by atoms with van der Waals surface area (Å²) in [5.41, 5.74) is 0.527. The van der Waals surface area contributed by atoms with Crippen LogP contribution in [0.5, 0.6) is 0 Å². The number of nitrogens with one attached hydrogen (secondary N) is 2. The number of amides is 1.